The quantitative estimate of drug-likeness (QED) is 0.616. The Morgan fingerprint density at radius 3 is 2.64 bits per heavy atom. The number of nitro groups is 1. The molecule has 0 spiro atoms. The van der Waals surface area contributed by atoms with Crippen LogP contribution in [0, 0.1) is 10.1 Å². The smallest absolute Gasteiger partial charge is 0.273 e. The Morgan fingerprint density at radius 1 is 1.20 bits per heavy atom. The van der Waals surface area contributed by atoms with E-state index in [0.717, 1.165) is 0 Å². The van der Waals surface area contributed by atoms with Crippen molar-refractivity contribution >= 4 is 11.6 Å². The highest BCUT2D eigenvalue weighted by Gasteiger charge is 2.24. The zero-order valence-corrected chi connectivity index (χ0v) is 13.8. The van der Waals surface area contributed by atoms with Crippen molar-refractivity contribution in [3.05, 3.63) is 64.2 Å². The van der Waals surface area contributed by atoms with Crippen molar-refractivity contribution < 1.29 is 19.2 Å². The predicted octanol–water partition coefficient (Wildman–Crippen LogP) is 2.44. The fourth-order valence-electron chi connectivity index (χ4n) is 2.70. The van der Waals surface area contributed by atoms with Gasteiger partial charge in [-0.3, -0.25) is 14.9 Å². The van der Waals surface area contributed by atoms with Gasteiger partial charge < -0.3 is 14.4 Å². The van der Waals surface area contributed by atoms with Gasteiger partial charge in [0.2, 0.25) is 5.91 Å². The maximum atomic E-state index is 12.4. The largest absolute Gasteiger partial charge is 0.486 e. The summed E-state index contributed by atoms with van der Waals surface area (Å²) in [7, 11) is 1.65. The van der Waals surface area contributed by atoms with E-state index in [2.05, 4.69) is 0 Å². The first kappa shape index (κ1) is 16.8. The molecule has 2 aromatic carbocycles. The van der Waals surface area contributed by atoms with Gasteiger partial charge in [0.25, 0.3) is 5.69 Å². The van der Waals surface area contributed by atoms with Gasteiger partial charge in [-0.1, -0.05) is 30.3 Å². The monoisotopic (exact) mass is 342 g/mol. The fourth-order valence-corrected chi connectivity index (χ4v) is 2.70. The van der Waals surface area contributed by atoms with Crippen molar-refractivity contribution in [3.63, 3.8) is 0 Å². The van der Waals surface area contributed by atoms with Crippen molar-refractivity contribution in [1.29, 1.82) is 0 Å². The molecule has 7 heteroatoms. The third kappa shape index (κ3) is 3.88. The summed E-state index contributed by atoms with van der Waals surface area (Å²) >= 11 is 0. The number of ether oxygens (including phenoxy) is 2. The number of likely N-dealkylation sites (N-methyl/N-ethyl adjacent to an activating group) is 1. The van der Waals surface area contributed by atoms with Crippen molar-refractivity contribution in [2.24, 2.45) is 0 Å². The third-order valence-corrected chi connectivity index (χ3v) is 4.00. The van der Waals surface area contributed by atoms with E-state index in [9.17, 15) is 14.9 Å². The molecule has 1 aliphatic rings. The number of carbonyl (C=O) groups is 1. The van der Waals surface area contributed by atoms with E-state index in [1.165, 1.54) is 11.0 Å². The summed E-state index contributed by atoms with van der Waals surface area (Å²) in [6.07, 6.45) is -0.313. The number of para-hydroxylation sites is 3. The number of nitro benzene ring substituents is 1. The Kier molecular flexibility index (Phi) is 4.83. The van der Waals surface area contributed by atoms with Gasteiger partial charge in [-0.05, 0) is 12.1 Å². The molecular weight excluding hydrogens is 324 g/mol. The molecule has 130 valence electrons. The van der Waals surface area contributed by atoms with Crippen molar-refractivity contribution in [3.8, 4) is 11.5 Å². The van der Waals surface area contributed by atoms with Crippen LogP contribution in [0.5, 0.6) is 11.5 Å². The fraction of sp³-hybridized carbons (Fsp3) is 0.278. The van der Waals surface area contributed by atoms with Crippen molar-refractivity contribution in [2.45, 2.75) is 12.5 Å². The predicted molar refractivity (Wildman–Crippen MR) is 90.8 cm³/mol. The van der Waals surface area contributed by atoms with E-state index < -0.39 is 4.92 Å². The lowest BCUT2D eigenvalue weighted by molar-refractivity contribution is -0.385. The highest BCUT2D eigenvalue weighted by Crippen LogP contribution is 2.31. The normalized spacial score (nSPS) is 15.5. The first-order chi connectivity index (χ1) is 12.0. The summed E-state index contributed by atoms with van der Waals surface area (Å²) in [5, 5.41) is 11.1. The van der Waals surface area contributed by atoms with E-state index in [4.69, 9.17) is 9.47 Å². The maximum Gasteiger partial charge on any atom is 0.273 e. The second-order valence-corrected chi connectivity index (χ2v) is 5.83. The average molecular weight is 342 g/mol. The first-order valence-corrected chi connectivity index (χ1v) is 7.89. The van der Waals surface area contributed by atoms with Gasteiger partial charge >= 0.3 is 0 Å². The number of amides is 1. The van der Waals surface area contributed by atoms with E-state index in [-0.39, 0.29) is 24.1 Å². The van der Waals surface area contributed by atoms with Gasteiger partial charge in [-0.25, -0.2) is 0 Å². The maximum absolute atomic E-state index is 12.4. The molecule has 1 amide bonds. The van der Waals surface area contributed by atoms with Crippen LogP contribution in [0.3, 0.4) is 0 Å². The van der Waals surface area contributed by atoms with Crippen LogP contribution in [0.4, 0.5) is 5.69 Å². The van der Waals surface area contributed by atoms with Gasteiger partial charge in [0.15, 0.2) is 17.6 Å². The zero-order valence-electron chi connectivity index (χ0n) is 13.8. The van der Waals surface area contributed by atoms with Crippen LogP contribution in [-0.4, -0.2) is 42.0 Å². The van der Waals surface area contributed by atoms with Crippen molar-refractivity contribution in [1.82, 2.24) is 4.90 Å². The number of nitrogens with zero attached hydrogens (tertiary/aromatic N) is 2. The lowest BCUT2D eigenvalue weighted by Crippen LogP contribution is -2.42. The molecule has 1 heterocycles. The van der Waals surface area contributed by atoms with Crippen molar-refractivity contribution in [2.75, 3.05) is 20.2 Å². The summed E-state index contributed by atoms with van der Waals surface area (Å²) in [5.41, 5.74) is 0.353. The number of rotatable bonds is 5. The number of fused-ring (bicyclic) bond motifs is 1. The van der Waals surface area contributed by atoms with Gasteiger partial charge in [-0.15, -0.1) is 0 Å². The molecule has 1 aliphatic heterocycles. The second kappa shape index (κ2) is 7.21. The second-order valence-electron chi connectivity index (χ2n) is 5.83. The number of benzene rings is 2. The van der Waals surface area contributed by atoms with Crippen LogP contribution < -0.4 is 9.47 Å². The number of hydrogen-bond acceptors (Lipinski definition) is 5. The van der Waals surface area contributed by atoms with E-state index >= 15 is 0 Å². The number of hydrogen-bond donors (Lipinski definition) is 0. The Bertz CT molecular complexity index is 793. The molecule has 0 unspecified atom stereocenters. The van der Waals surface area contributed by atoms with Crippen LogP contribution in [-0.2, 0) is 11.2 Å². The third-order valence-electron chi connectivity index (χ3n) is 4.00. The molecule has 25 heavy (non-hydrogen) atoms. The molecule has 0 radical (unpaired) electrons. The van der Waals surface area contributed by atoms with Gasteiger partial charge in [0.1, 0.15) is 6.61 Å². The molecule has 0 fully saturated rings. The minimum Gasteiger partial charge on any atom is -0.486 e. The molecule has 0 saturated heterocycles. The summed E-state index contributed by atoms with van der Waals surface area (Å²) < 4.78 is 11.5. The lowest BCUT2D eigenvalue weighted by Gasteiger charge is -2.29. The Labute approximate surface area is 144 Å². The SMILES string of the molecule is CN(C[C@H]1COc2ccccc2O1)C(=O)Cc1ccccc1[N+](=O)[O-]. The summed E-state index contributed by atoms with van der Waals surface area (Å²) in [6.45, 7) is 0.688. The molecule has 3 rings (SSSR count). The molecule has 0 saturated carbocycles. The molecule has 2 aromatic rings. The van der Waals surface area contributed by atoms with Crippen LogP contribution >= 0.6 is 0 Å². The molecular formula is C18H18N2O5. The Balaban J connectivity index is 1.61. The van der Waals surface area contributed by atoms with E-state index in [0.29, 0.717) is 30.2 Å². The van der Waals surface area contributed by atoms with E-state index in [1.807, 2.05) is 24.3 Å². The molecule has 0 aliphatic carbocycles. The highest BCUT2D eigenvalue weighted by atomic mass is 16.6. The highest BCUT2D eigenvalue weighted by molar-refractivity contribution is 5.79. The summed E-state index contributed by atoms with van der Waals surface area (Å²) in [6, 6.07) is 13.6. The van der Waals surface area contributed by atoms with Gasteiger partial charge in [-0.2, -0.15) is 0 Å². The first-order valence-electron chi connectivity index (χ1n) is 7.89. The van der Waals surface area contributed by atoms with Crippen LogP contribution in [0.15, 0.2) is 48.5 Å². The van der Waals surface area contributed by atoms with Gasteiger partial charge in [0, 0.05) is 18.7 Å². The molecule has 0 N–H and O–H groups in total. The number of carbonyl (C=O) groups excluding carboxylic acids is 1. The summed E-state index contributed by atoms with van der Waals surface area (Å²) in [4.78, 5) is 24.5. The minimum absolute atomic E-state index is 0.0299. The zero-order chi connectivity index (χ0) is 17.8. The Hall–Kier alpha value is -3.09. The summed E-state index contributed by atoms with van der Waals surface area (Å²) in [5.74, 6) is 1.13. The minimum atomic E-state index is -0.475. The Morgan fingerprint density at radius 2 is 1.88 bits per heavy atom. The van der Waals surface area contributed by atoms with Crippen LogP contribution in [0.1, 0.15) is 5.56 Å². The average Bonchev–Trinajstić information content (AvgIpc) is 2.61. The van der Waals surface area contributed by atoms with Gasteiger partial charge in [0.05, 0.1) is 17.9 Å². The lowest BCUT2D eigenvalue weighted by atomic mass is 10.1. The molecule has 1 atom stereocenters. The van der Waals surface area contributed by atoms with Crippen LogP contribution in [0.25, 0.3) is 0 Å². The molecule has 0 aromatic heterocycles. The molecule has 0 bridgehead atoms. The van der Waals surface area contributed by atoms with Crippen LogP contribution in [0.2, 0.25) is 0 Å². The van der Waals surface area contributed by atoms with E-state index in [1.54, 1.807) is 25.2 Å². The topological polar surface area (TPSA) is 81.9 Å². The molecule has 7 nitrogen and oxygen atoms in total. The standard InChI is InChI=1S/C18H18N2O5/c1-19(11-14-12-24-16-8-4-5-9-17(16)25-14)18(21)10-13-6-2-3-7-15(13)20(22)23/h2-9,14H,10-12H2,1H3/t14-/m0/s1.